The first kappa shape index (κ1) is 23.4. The Labute approximate surface area is 189 Å². The Bertz CT molecular complexity index is 1230. The van der Waals surface area contributed by atoms with Gasteiger partial charge in [-0.3, -0.25) is 4.90 Å². The van der Waals surface area contributed by atoms with Crippen molar-refractivity contribution < 1.29 is 31.1 Å². The first-order valence-corrected chi connectivity index (χ1v) is 12.0. The summed E-state index contributed by atoms with van der Waals surface area (Å²) in [6.07, 6.45) is 0.887. The van der Waals surface area contributed by atoms with E-state index in [0.29, 0.717) is 17.2 Å². The molecule has 1 N–H and O–H groups in total. The molecule has 0 bridgehead atoms. The van der Waals surface area contributed by atoms with Gasteiger partial charge in [-0.1, -0.05) is 24.3 Å². The smallest absolute Gasteiger partial charge is 0.157 e. The lowest BCUT2D eigenvalue weighted by Crippen LogP contribution is -2.66. The van der Waals surface area contributed by atoms with Crippen molar-refractivity contribution in [3.8, 4) is 0 Å². The van der Waals surface area contributed by atoms with Gasteiger partial charge in [0.1, 0.15) is 34.1 Å². The number of sulfone groups is 1. The van der Waals surface area contributed by atoms with Crippen LogP contribution in [0, 0.1) is 23.3 Å². The highest BCUT2D eigenvalue weighted by Gasteiger charge is 2.54. The summed E-state index contributed by atoms with van der Waals surface area (Å²) in [5, 5.41) is 9.66. The minimum atomic E-state index is -3.99. The van der Waals surface area contributed by atoms with Crippen LogP contribution >= 0.6 is 0 Å². The number of benzene rings is 3. The molecule has 0 amide bonds. The number of halogens is 4. The molecule has 1 aliphatic rings. The number of nitrogens with zero attached hydrogens (tertiary/aromatic N) is 1. The molecule has 4 nitrogen and oxygen atoms in total. The number of aliphatic hydroxyl groups is 1. The molecule has 3 aromatic carbocycles. The van der Waals surface area contributed by atoms with E-state index < -0.39 is 50.0 Å². The molecule has 1 fully saturated rings. The van der Waals surface area contributed by atoms with Gasteiger partial charge in [0.05, 0.1) is 6.04 Å². The summed E-state index contributed by atoms with van der Waals surface area (Å²) >= 11 is 0. The maximum absolute atomic E-state index is 13.9. The molecule has 174 valence electrons. The van der Waals surface area contributed by atoms with Crippen molar-refractivity contribution in [1.29, 1.82) is 0 Å². The first-order chi connectivity index (χ1) is 15.5. The summed E-state index contributed by atoms with van der Waals surface area (Å²) in [4.78, 5) is 1.66. The minimum Gasteiger partial charge on any atom is -0.385 e. The molecule has 0 spiro atoms. The summed E-state index contributed by atoms with van der Waals surface area (Å²) in [7, 11) is -3.99. The Morgan fingerprint density at radius 1 is 0.788 bits per heavy atom. The summed E-state index contributed by atoms with van der Waals surface area (Å²) in [6.45, 7) is -0.416. The first-order valence-electron chi connectivity index (χ1n) is 10.1. The average Bonchev–Trinajstić information content (AvgIpc) is 2.65. The van der Waals surface area contributed by atoms with Crippen molar-refractivity contribution in [2.45, 2.75) is 16.9 Å². The van der Waals surface area contributed by atoms with Gasteiger partial charge in [0.25, 0.3) is 0 Å². The Hall–Kier alpha value is -2.75. The maximum Gasteiger partial charge on any atom is 0.157 e. The number of likely N-dealkylation sites (tertiary alicyclic amines) is 1. The van der Waals surface area contributed by atoms with Gasteiger partial charge in [0.15, 0.2) is 9.84 Å². The third-order valence-corrected chi connectivity index (χ3v) is 7.32. The van der Waals surface area contributed by atoms with E-state index in [1.165, 1.54) is 36.4 Å². The highest BCUT2D eigenvalue weighted by atomic mass is 32.2. The molecule has 0 aliphatic carbocycles. The standard InChI is InChI=1S/C24H21F4NO3S/c1-33(31,32)23(17-10-20(27)12-21(28)11-17)24(30)13-29(14-24)22(15-4-2-6-18(25)8-15)16-5-3-7-19(26)9-16/h2-12,22-23,30H,13-14H2,1H3. The molecular weight excluding hydrogens is 458 g/mol. The number of β-amino-alcohol motifs (C(OH)–C–C–N with tert-alkyl or cyclic N) is 1. The van der Waals surface area contributed by atoms with Crippen LogP contribution in [-0.2, 0) is 9.84 Å². The topological polar surface area (TPSA) is 57.6 Å². The SMILES string of the molecule is CS(=O)(=O)C(c1cc(F)cc(F)c1)C1(O)CN(C(c2cccc(F)c2)c2cccc(F)c2)C1. The largest absolute Gasteiger partial charge is 0.385 e. The van der Waals surface area contributed by atoms with Gasteiger partial charge in [0, 0.05) is 25.4 Å². The van der Waals surface area contributed by atoms with Crippen molar-refractivity contribution >= 4 is 9.84 Å². The molecule has 9 heteroatoms. The van der Waals surface area contributed by atoms with E-state index in [1.807, 2.05) is 0 Å². The van der Waals surface area contributed by atoms with Crippen molar-refractivity contribution in [3.63, 3.8) is 0 Å². The van der Waals surface area contributed by atoms with Gasteiger partial charge in [-0.25, -0.2) is 26.0 Å². The highest BCUT2D eigenvalue weighted by molar-refractivity contribution is 7.91. The second-order valence-electron chi connectivity index (χ2n) is 8.43. The van der Waals surface area contributed by atoms with Crippen molar-refractivity contribution in [1.82, 2.24) is 4.90 Å². The highest BCUT2D eigenvalue weighted by Crippen LogP contribution is 2.44. The minimum absolute atomic E-state index is 0.204. The van der Waals surface area contributed by atoms with Crippen LogP contribution in [0.25, 0.3) is 0 Å². The molecule has 1 unspecified atom stereocenters. The van der Waals surface area contributed by atoms with E-state index in [4.69, 9.17) is 0 Å². The van der Waals surface area contributed by atoms with E-state index >= 15 is 0 Å². The molecule has 0 saturated carbocycles. The predicted molar refractivity (Wildman–Crippen MR) is 115 cm³/mol. The molecule has 0 aromatic heterocycles. The summed E-state index contributed by atoms with van der Waals surface area (Å²) in [5.41, 5.74) is -1.11. The summed E-state index contributed by atoms with van der Waals surface area (Å²) in [6, 6.07) is 13.1. The molecule has 1 saturated heterocycles. The lowest BCUT2D eigenvalue weighted by molar-refractivity contribution is -0.112. The second kappa shape index (κ2) is 8.55. The molecule has 0 radical (unpaired) electrons. The van der Waals surface area contributed by atoms with Crippen molar-refractivity contribution in [3.05, 3.63) is 107 Å². The number of hydrogen-bond donors (Lipinski definition) is 1. The van der Waals surface area contributed by atoms with E-state index in [1.54, 1.807) is 17.0 Å². The molecule has 1 heterocycles. The van der Waals surface area contributed by atoms with Crippen LogP contribution in [-0.4, -0.2) is 43.4 Å². The molecule has 33 heavy (non-hydrogen) atoms. The van der Waals surface area contributed by atoms with Crippen LogP contribution in [0.4, 0.5) is 17.6 Å². The van der Waals surface area contributed by atoms with E-state index in [0.717, 1.165) is 18.4 Å². The Morgan fingerprint density at radius 2 is 1.24 bits per heavy atom. The average molecular weight is 479 g/mol. The molecule has 1 atom stereocenters. The van der Waals surface area contributed by atoms with Gasteiger partial charge in [-0.2, -0.15) is 0 Å². The van der Waals surface area contributed by atoms with Crippen LogP contribution in [0.3, 0.4) is 0 Å². The Kier molecular flexibility index (Phi) is 6.07. The Morgan fingerprint density at radius 3 is 1.67 bits per heavy atom. The van der Waals surface area contributed by atoms with Gasteiger partial charge in [-0.05, 0) is 53.1 Å². The van der Waals surface area contributed by atoms with Crippen LogP contribution in [0.2, 0.25) is 0 Å². The summed E-state index contributed by atoms with van der Waals surface area (Å²) < 4.78 is 80.7. The molecular formula is C24H21F4NO3S. The molecule has 4 rings (SSSR count). The third kappa shape index (κ3) is 4.80. The second-order valence-corrected chi connectivity index (χ2v) is 10.6. The van der Waals surface area contributed by atoms with E-state index in [-0.39, 0.29) is 18.7 Å². The fourth-order valence-corrected chi connectivity index (χ4v) is 6.23. The molecule has 1 aliphatic heterocycles. The fourth-order valence-electron chi connectivity index (χ4n) is 4.66. The van der Waals surface area contributed by atoms with Crippen LogP contribution in [0.15, 0.2) is 66.7 Å². The quantitative estimate of drug-likeness (QED) is 0.540. The van der Waals surface area contributed by atoms with Gasteiger partial charge in [0.2, 0.25) is 0 Å². The normalized spacial score (nSPS) is 17.1. The zero-order chi connectivity index (χ0) is 24.0. The van der Waals surface area contributed by atoms with Gasteiger partial charge >= 0.3 is 0 Å². The van der Waals surface area contributed by atoms with Crippen molar-refractivity contribution in [2.24, 2.45) is 0 Å². The number of hydrogen-bond acceptors (Lipinski definition) is 4. The van der Waals surface area contributed by atoms with Crippen LogP contribution in [0.1, 0.15) is 28.0 Å². The lowest BCUT2D eigenvalue weighted by Gasteiger charge is -2.53. The fraction of sp³-hybridized carbons (Fsp3) is 0.250. The number of rotatable bonds is 6. The van der Waals surface area contributed by atoms with Crippen LogP contribution in [0.5, 0.6) is 0 Å². The molecule has 3 aromatic rings. The lowest BCUT2D eigenvalue weighted by atomic mass is 9.82. The predicted octanol–water partition coefficient (Wildman–Crippen LogP) is 4.17. The van der Waals surface area contributed by atoms with Crippen LogP contribution < -0.4 is 0 Å². The maximum atomic E-state index is 13.9. The zero-order valence-electron chi connectivity index (χ0n) is 17.6. The van der Waals surface area contributed by atoms with Gasteiger partial charge in [-0.15, -0.1) is 0 Å². The third-order valence-electron chi connectivity index (χ3n) is 5.75. The monoisotopic (exact) mass is 479 g/mol. The summed E-state index contributed by atoms with van der Waals surface area (Å²) in [5.74, 6) is -2.94. The van der Waals surface area contributed by atoms with E-state index in [2.05, 4.69) is 0 Å². The van der Waals surface area contributed by atoms with E-state index in [9.17, 15) is 31.1 Å². The Balaban J connectivity index is 1.72. The van der Waals surface area contributed by atoms with Crippen molar-refractivity contribution in [2.75, 3.05) is 19.3 Å². The zero-order valence-corrected chi connectivity index (χ0v) is 18.4. The van der Waals surface area contributed by atoms with Gasteiger partial charge < -0.3 is 5.11 Å².